The van der Waals surface area contributed by atoms with Crippen LogP contribution in [0.15, 0.2) is 32.7 Å². The van der Waals surface area contributed by atoms with E-state index >= 15 is 0 Å². The van der Waals surface area contributed by atoms with Gasteiger partial charge in [-0.15, -0.1) is 0 Å². The van der Waals surface area contributed by atoms with E-state index < -0.39 is 18.1 Å². The van der Waals surface area contributed by atoms with Crippen LogP contribution in [0.2, 0.25) is 19.6 Å². The van der Waals surface area contributed by atoms with Gasteiger partial charge < -0.3 is 4.42 Å². The minimum absolute atomic E-state index is 0.232. The molecule has 0 aliphatic rings. The second kappa shape index (κ2) is 5.75. The Morgan fingerprint density at radius 2 is 1.95 bits per heavy atom. The van der Waals surface area contributed by atoms with Gasteiger partial charge in [0.2, 0.25) is 10.0 Å². The number of rotatable bonds is 5. The third kappa shape index (κ3) is 3.88. The van der Waals surface area contributed by atoms with Gasteiger partial charge in [0.25, 0.3) is 5.22 Å². The van der Waals surface area contributed by atoms with Crippen molar-refractivity contribution >= 4 is 41.0 Å². The van der Waals surface area contributed by atoms with Crippen molar-refractivity contribution in [3.05, 3.63) is 18.2 Å². The van der Waals surface area contributed by atoms with Crippen molar-refractivity contribution in [2.24, 2.45) is 0 Å². The van der Waals surface area contributed by atoms with E-state index in [0.29, 0.717) is 16.3 Å². The van der Waals surface area contributed by atoms with E-state index in [1.54, 1.807) is 30.0 Å². The van der Waals surface area contributed by atoms with Crippen LogP contribution in [0.25, 0.3) is 11.1 Å². The maximum absolute atomic E-state index is 12.1. The molecule has 2 aromatic rings. The molecule has 0 unspecified atom stereocenters. The lowest BCUT2D eigenvalue weighted by molar-refractivity contribution is 0.490. The van der Waals surface area contributed by atoms with Crippen molar-refractivity contribution in [3.8, 4) is 0 Å². The highest BCUT2D eigenvalue weighted by Gasteiger charge is 2.20. The van der Waals surface area contributed by atoms with E-state index in [-0.39, 0.29) is 4.90 Å². The van der Waals surface area contributed by atoms with Crippen molar-refractivity contribution in [2.45, 2.75) is 29.8 Å². The Morgan fingerprint density at radius 3 is 2.52 bits per heavy atom. The summed E-state index contributed by atoms with van der Waals surface area (Å²) in [7, 11) is -1.60. The monoisotopic (exact) mass is 344 g/mol. The van der Waals surface area contributed by atoms with Crippen LogP contribution in [-0.4, -0.2) is 45.3 Å². The summed E-state index contributed by atoms with van der Waals surface area (Å²) in [6.07, 6.45) is 0. The molecule has 0 saturated carbocycles. The molecule has 0 amide bonds. The second-order valence-electron chi connectivity index (χ2n) is 6.25. The minimum Gasteiger partial charge on any atom is -0.431 e. The number of oxazole rings is 1. The standard InChI is InChI=1S/C13H20N2O3S2Si/c1-15(2)20(16,17)10-6-7-12-11(8-10)14-13(18-12)19-9-21(3,4)5/h6-8H,9H2,1-5H3. The highest BCUT2D eigenvalue weighted by molar-refractivity contribution is 8.00. The molecule has 8 heteroatoms. The quantitative estimate of drug-likeness (QED) is 0.616. The van der Waals surface area contributed by atoms with Crippen molar-refractivity contribution in [1.29, 1.82) is 0 Å². The average Bonchev–Trinajstić information content (AvgIpc) is 2.77. The second-order valence-corrected chi connectivity index (χ2v) is 15.3. The summed E-state index contributed by atoms with van der Waals surface area (Å²) in [6, 6.07) is 4.78. The molecule has 0 spiro atoms. The Labute approximate surface area is 130 Å². The lowest BCUT2D eigenvalue weighted by atomic mass is 10.3. The highest BCUT2D eigenvalue weighted by atomic mass is 32.2. The van der Waals surface area contributed by atoms with Gasteiger partial charge in [-0.25, -0.2) is 17.7 Å². The molecule has 1 heterocycles. The van der Waals surface area contributed by atoms with Gasteiger partial charge in [0.15, 0.2) is 5.58 Å². The van der Waals surface area contributed by atoms with E-state index in [4.69, 9.17) is 4.42 Å². The third-order valence-corrected chi connectivity index (χ3v) is 9.02. The summed E-state index contributed by atoms with van der Waals surface area (Å²) in [5, 5.41) is 1.62. The van der Waals surface area contributed by atoms with Crippen LogP contribution in [0.5, 0.6) is 0 Å². The van der Waals surface area contributed by atoms with Gasteiger partial charge in [0.05, 0.1) is 13.0 Å². The molecule has 0 bridgehead atoms. The zero-order valence-corrected chi connectivity index (χ0v) is 15.5. The maximum Gasteiger partial charge on any atom is 0.256 e. The van der Waals surface area contributed by atoms with Crippen LogP contribution in [0, 0.1) is 0 Å². The zero-order valence-electron chi connectivity index (χ0n) is 12.9. The average molecular weight is 345 g/mol. The van der Waals surface area contributed by atoms with Gasteiger partial charge in [-0.1, -0.05) is 31.4 Å². The van der Waals surface area contributed by atoms with E-state index in [1.807, 2.05) is 0 Å². The first kappa shape index (κ1) is 16.5. The number of thioether (sulfide) groups is 1. The number of aromatic nitrogens is 1. The normalized spacial score (nSPS) is 13.2. The molecule has 1 aromatic carbocycles. The summed E-state index contributed by atoms with van der Waals surface area (Å²) in [5.41, 5.74) is 1.20. The largest absolute Gasteiger partial charge is 0.431 e. The van der Waals surface area contributed by atoms with Gasteiger partial charge in [-0.3, -0.25) is 0 Å². The first-order valence-electron chi connectivity index (χ1n) is 6.55. The van der Waals surface area contributed by atoms with Gasteiger partial charge in [-0.2, -0.15) is 0 Å². The molecule has 116 valence electrons. The van der Waals surface area contributed by atoms with Crippen LogP contribution in [0.3, 0.4) is 0 Å². The van der Waals surface area contributed by atoms with Gasteiger partial charge in [-0.05, 0) is 23.6 Å². The predicted molar refractivity (Wildman–Crippen MR) is 89.0 cm³/mol. The van der Waals surface area contributed by atoms with E-state index in [0.717, 1.165) is 5.38 Å². The van der Waals surface area contributed by atoms with Crippen LogP contribution in [0.4, 0.5) is 0 Å². The van der Waals surface area contributed by atoms with Gasteiger partial charge >= 0.3 is 0 Å². The molecule has 5 nitrogen and oxygen atoms in total. The molecule has 21 heavy (non-hydrogen) atoms. The highest BCUT2D eigenvalue weighted by Crippen LogP contribution is 2.27. The molecule has 0 aliphatic carbocycles. The van der Waals surface area contributed by atoms with Crippen LogP contribution in [0.1, 0.15) is 0 Å². The van der Waals surface area contributed by atoms with Gasteiger partial charge in [0, 0.05) is 14.1 Å². The molecule has 0 saturated heterocycles. The molecule has 2 rings (SSSR count). The first-order chi connectivity index (χ1) is 9.59. The topological polar surface area (TPSA) is 63.4 Å². The summed E-state index contributed by atoms with van der Waals surface area (Å²) >= 11 is 1.60. The number of hydrogen-bond acceptors (Lipinski definition) is 5. The molecule has 1 aromatic heterocycles. The van der Waals surface area contributed by atoms with Crippen molar-refractivity contribution in [2.75, 3.05) is 19.5 Å². The predicted octanol–water partition coefficient (Wildman–Crippen LogP) is 3.05. The molecular weight excluding hydrogens is 324 g/mol. The van der Waals surface area contributed by atoms with E-state index in [2.05, 4.69) is 24.6 Å². The third-order valence-electron chi connectivity index (χ3n) is 2.75. The number of hydrogen-bond donors (Lipinski definition) is 0. The molecule has 0 radical (unpaired) electrons. The van der Waals surface area contributed by atoms with Crippen molar-refractivity contribution in [3.63, 3.8) is 0 Å². The Kier molecular flexibility index (Phi) is 4.53. The fourth-order valence-electron chi connectivity index (χ4n) is 1.60. The molecule has 0 fully saturated rings. The number of fused-ring (bicyclic) bond motifs is 1. The minimum atomic E-state index is -3.44. The SMILES string of the molecule is CN(C)S(=O)(=O)c1ccc2oc(SC[Si](C)(C)C)nc2c1. The lowest BCUT2D eigenvalue weighted by Gasteiger charge is -2.12. The molecular formula is C13H20N2O3S2Si. The lowest BCUT2D eigenvalue weighted by Crippen LogP contribution is -2.23. The number of nitrogens with zero attached hydrogens (tertiary/aromatic N) is 2. The Morgan fingerprint density at radius 1 is 1.29 bits per heavy atom. The molecule has 0 atom stereocenters. The summed E-state index contributed by atoms with van der Waals surface area (Å²) in [6.45, 7) is 6.85. The summed E-state index contributed by atoms with van der Waals surface area (Å²) in [5.74, 6) is 0. The smallest absolute Gasteiger partial charge is 0.256 e. The molecule has 0 N–H and O–H groups in total. The maximum atomic E-state index is 12.1. The molecule has 0 aliphatic heterocycles. The van der Waals surface area contributed by atoms with Crippen LogP contribution in [-0.2, 0) is 10.0 Å². The van der Waals surface area contributed by atoms with E-state index in [9.17, 15) is 8.42 Å². The fourth-order valence-corrected chi connectivity index (χ4v) is 5.06. The fraction of sp³-hybridized carbons (Fsp3) is 0.462. The van der Waals surface area contributed by atoms with Crippen LogP contribution < -0.4 is 0 Å². The Bertz CT molecular complexity index is 748. The summed E-state index contributed by atoms with van der Waals surface area (Å²) in [4.78, 5) is 4.62. The summed E-state index contributed by atoms with van der Waals surface area (Å²) < 4.78 is 31.1. The van der Waals surface area contributed by atoms with E-state index in [1.165, 1.54) is 18.4 Å². The zero-order chi connectivity index (χ0) is 15.8. The van der Waals surface area contributed by atoms with Crippen molar-refractivity contribution < 1.29 is 12.8 Å². The number of sulfonamides is 1. The van der Waals surface area contributed by atoms with Crippen LogP contribution >= 0.6 is 11.8 Å². The van der Waals surface area contributed by atoms with Gasteiger partial charge in [0.1, 0.15) is 5.52 Å². The Balaban J connectivity index is 2.33. The van der Waals surface area contributed by atoms with Crippen molar-refractivity contribution in [1.82, 2.24) is 9.29 Å². The Hall–Kier alpha value is -0.833. The number of benzene rings is 1. The first-order valence-corrected chi connectivity index (χ1v) is 12.7.